The molecule has 0 aromatic carbocycles. The first kappa shape index (κ1) is 15.8. The van der Waals surface area contributed by atoms with Crippen LogP contribution >= 0.6 is 22.7 Å². The molecule has 0 aliphatic rings. The summed E-state index contributed by atoms with van der Waals surface area (Å²) in [6.45, 7) is 4.36. The van der Waals surface area contributed by atoms with Gasteiger partial charge in [0.2, 0.25) is 0 Å². The molecule has 5 heteroatoms. The van der Waals surface area contributed by atoms with E-state index in [2.05, 4.69) is 30.1 Å². The second-order valence-corrected chi connectivity index (χ2v) is 6.61. The number of hydrogen-bond acceptors (Lipinski definition) is 4. The molecule has 1 unspecified atom stereocenters. The number of amides is 1. The van der Waals surface area contributed by atoms with Crippen molar-refractivity contribution in [3.8, 4) is 11.8 Å². The molecular formula is C16H18N2OS2. The second kappa shape index (κ2) is 7.41. The van der Waals surface area contributed by atoms with E-state index in [0.29, 0.717) is 11.4 Å². The highest BCUT2D eigenvalue weighted by Gasteiger charge is 2.17. The van der Waals surface area contributed by atoms with E-state index in [1.807, 2.05) is 24.4 Å². The van der Waals surface area contributed by atoms with Crippen LogP contribution < -0.4 is 11.1 Å². The molecule has 0 bridgehead atoms. The van der Waals surface area contributed by atoms with Crippen molar-refractivity contribution in [2.24, 2.45) is 5.73 Å². The number of hydrogen-bond donors (Lipinski definition) is 2. The minimum atomic E-state index is -0.0378. The predicted octanol–water partition coefficient (Wildman–Crippen LogP) is 3.31. The fourth-order valence-corrected chi connectivity index (χ4v) is 3.75. The van der Waals surface area contributed by atoms with Crippen molar-refractivity contribution in [2.45, 2.75) is 26.3 Å². The number of carbonyl (C=O) groups is 1. The highest BCUT2D eigenvalue weighted by atomic mass is 32.1. The van der Waals surface area contributed by atoms with Crippen LogP contribution in [0.5, 0.6) is 0 Å². The third-order valence-electron chi connectivity index (χ3n) is 3.05. The normalized spacial score (nSPS) is 11.6. The van der Waals surface area contributed by atoms with Gasteiger partial charge in [0.1, 0.15) is 0 Å². The lowest BCUT2D eigenvalue weighted by Gasteiger charge is -2.14. The van der Waals surface area contributed by atoms with Crippen molar-refractivity contribution in [1.82, 2.24) is 5.32 Å². The fraction of sp³-hybridized carbons (Fsp3) is 0.312. The van der Waals surface area contributed by atoms with Gasteiger partial charge in [0.15, 0.2) is 0 Å². The summed E-state index contributed by atoms with van der Waals surface area (Å²) in [6, 6.07) is 6.02. The number of aryl methyl sites for hydroxylation is 1. The predicted molar refractivity (Wildman–Crippen MR) is 89.8 cm³/mol. The first-order valence-corrected chi connectivity index (χ1v) is 8.49. The molecule has 1 amide bonds. The molecule has 0 aliphatic carbocycles. The Morgan fingerprint density at radius 3 is 2.95 bits per heavy atom. The van der Waals surface area contributed by atoms with Crippen LogP contribution in [-0.2, 0) is 0 Å². The Morgan fingerprint density at radius 2 is 2.33 bits per heavy atom. The monoisotopic (exact) mass is 318 g/mol. The molecule has 1 atom stereocenters. The van der Waals surface area contributed by atoms with Crippen LogP contribution in [0.2, 0.25) is 0 Å². The molecule has 0 saturated heterocycles. The second-order valence-electron chi connectivity index (χ2n) is 4.58. The molecule has 2 heterocycles. The lowest BCUT2D eigenvalue weighted by molar-refractivity contribution is 0.0940. The topological polar surface area (TPSA) is 55.1 Å². The largest absolute Gasteiger partial charge is 0.344 e. The zero-order chi connectivity index (χ0) is 15.2. The Morgan fingerprint density at radius 1 is 1.52 bits per heavy atom. The van der Waals surface area contributed by atoms with Gasteiger partial charge in [0, 0.05) is 4.88 Å². The van der Waals surface area contributed by atoms with E-state index in [0.717, 1.165) is 16.9 Å². The summed E-state index contributed by atoms with van der Waals surface area (Å²) in [6.07, 6.45) is 0.871. The van der Waals surface area contributed by atoms with Crippen molar-refractivity contribution in [1.29, 1.82) is 0 Å². The van der Waals surface area contributed by atoms with Crippen LogP contribution in [0.4, 0.5) is 0 Å². The highest BCUT2D eigenvalue weighted by molar-refractivity contribution is 7.14. The van der Waals surface area contributed by atoms with Crippen LogP contribution in [0.3, 0.4) is 0 Å². The van der Waals surface area contributed by atoms with Crippen molar-refractivity contribution in [3.63, 3.8) is 0 Å². The number of rotatable bonds is 4. The number of carbonyl (C=O) groups excluding carboxylic acids is 1. The molecule has 2 rings (SSSR count). The summed E-state index contributed by atoms with van der Waals surface area (Å²) in [5.41, 5.74) is 6.41. The maximum atomic E-state index is 12.4. The van der Waals surface area contributed by atoms with E-state index < -0.39 is 0 Å². The van der Waals surface area contributed by atoms with Crippen molar-refractivity contribution >= 4 is 28.6 Å². The molecule has 0 aliphatic heterocycles. The van der Waals surface area contributed by atoms with E-state index in [4.69, 9.17) is 5.73 Å². The van der Waals surface area contributed by atoms with Gasteiger partial charge in [0.05, 0.1) is 22.3 Å². The molecule has 110 valence electrons. The summed E-state index contributed by atoms with van der Waals surface area (Å²) in [7, 11) is 0. The Labute approximate surface area is 133 Å². The molecule has 0 radical (unpaired) electrons. The summed E-state index contributed by atoms with van der Waals surface area (Å²) in [5, 5.41) is 5.12. The number of nitrogens with one attached hydrogen (secondary N) is 1. The van der Waals surface area contributed by atoms with Gasteiger partial charge >= 0.3 is 0 Å². The van der Waals surface area contributed by atoms with Crippen LogP contribution in [0.1, 0.15) is 44.4 Å². The first-order chi connectivity index (χ1) is 10.2. The maximum Gasteiger partial charge on any atom is 0.261 e. The maximum absolute atomic E-state index is 12.4. The van der Waals surface area contributed by atoms with Crippen LogP contribution in [0.25, 0.3) is 0 Å². The zero-order valence-corrected chi connectivity index (χ0v) is 13.7. The third kappa shape index (κ3) is 3.94. The van der Waals surface area contributed by atoms with Crippen molar-refractivity contribution < 1.29 is 4.79 Å². The molecule has 0 fully saturated rings. The average Bonchev–Trinajstić information content (AvgIpc) is 3.12. The number of thiophene rings is 2. The van der Waals surface area contributed by atoms with Gasteiger partial charge in [0.25, 0.3) is 5.91 Å². The lowest BCUT2D eigenvalue weighted by Crippen LogP contribution is -2.26. The molecule has 2 aromatic heterocycles. The van der Waals surface area contributed by atoms with Gasteiger partial charge in [-0.05, 0) is 36.4 Å². The van der Waals surface area contributed by atoms with E-state index in [-0.39, 0.29) is 11.9 Å². The van der Waals surface area contributed by atoms with Gasteiger partial charge in [-0.2, -0.15) is 0 Å². The number of nitrogens with two attached hydrogens (primary N) is 1. The van der Waals surface area contributed by atoms with Gasteiger partial charge < -0.3 is 11.1 Å². The van der Waals surface area contributed by atoms with Crippen molar-refractivity contribution in [3.05, 3.63) is 43.8 Å². The Bertz CT molecular complexity index is 662. The molecule has 3 N–H and O–H groups in total. The first-order valence-electron chi connectivity index (χ1n) is 6.79. The van der Waals surface area contributed by atoms with Gasteiger partial charge in [-0.3, -0.25) is 4.79 Å². The minimum Gasteiger partial charge on any atom is -0.344 e. The molecule has 0 saturated carbocycles. The summed E-state index contributed by atoms with van der Waals surface area (Å²) < 4.78 is 0. The SMILES string of the molecule is CCC(NC(=O)c1cc(C)c(C#CCN)s1)c1cccs1. The highest BCUT2D eigenvalue weighted by Crippen LogP contribution is 2.25. The molecule has 21 heavy (non-hydrogen) atoms. The zero-order valence-electron chi connectivity index (χ0n) is 12.1. The Kier molecular flexibility index (Phi) is 5.57. The van der Waals surface area contributed by atoms with Gasteiger partial charge in [-0.1, -0.05) is 24.8 Å². The van der Waals surface area contributed by atoms with Crippen molar-refractivity contribution in [2.75, 3.05) is 6.54 Å². The lowest BCUT2D eigenvalue weighted by atomic mass is 10.2. The molecule has 2 aromatic rings. The molecular weight excluding hydrogens is 300 g/mol. The van der Waals surface area contributed by atoms with Gasteiger partial charge in [-0.15, -0.1) is 22.7 Å². The van der Waals surface area contributed by atoms with Crippen LogP contribution in [-0.4, -0.2) is 12.5 Å². The smallest absolute Gasteiger partial charge is 0.261 e. The Hall–Kier alpha value is -1.61. The van der Waals surface area contributed by atoms with Gasteiger partial charge in [-0.25, -0.2) is 0 Å². The van der Waals surface area contributed by atoms with Crippen LogP contribution in [0, 0.1) is 18.8 Å². The van der Waals surface area contributed by atoms with E-state index >= 15 is 0 Å². The summed E-state index contributed by atoms with van der Waals surface area (Å²) in [5.74, 6) is 5.80. The third-order valence-corrected chi connectivity index (χ3v) is 5.18. The average molecular weight is 318 g/mol. The Balaban J connectivity index is 2.13. The molecule has 0 spiro atoms. The van der Waals surface area contributed by atoms with E-state index in [1.165, 1.54) is 16.2 Å². The summed E-state index contributed by atoms with van der Waals surface area (Å²) >= 11 is 3.08. The minimum absolute atomic E-state index is 0.0378. The quantitative estimate of drug-likeness (QED) is 0.850. The fourth-order valence-electron chi connectivity index (χ4n) is 1.94. The molecule has 3 nitrogen and oxygen atoms in total. The summed E-state index contributed by atoms with van der Waals surface area (Å²) in [4.78, 5) is 15.2. The van der Waals surface area contributed by atoms with Crippen LogP contribution in [0.15, 0.2) is 23.6 Å². The van der Waals surface area contributed by atoms with E-state index in [1.54, 1.807) is 11.3 Å². The standard InChI is InChI=1S/C16H18N2OS2/c1-3-12(14-7-5-9-20-14)18-16(19)15-10-11(2)13(21-15)6-4-8-17/h5,7,9-10,12H,3,8,17H2,1-2H3,(H,18,19). The van der Waals surface area contributed by atoms with E-state index in [9.17, 15) is 4.79 Å².